The van der Waals surface area contributed by atoms with Crippen molar-refractivity contribution in [2.24, 2.45) is 0 Å². The minimum atomic E-state index is 0.422. The molecule has 3 heteroatoms. The average molecular weight is 292 g/mol. The first-order chi connectivity index (χ1) is 9.24. The lowest BCUT2D eigenvalue weighted by Gasteiger charge is -2.27. The number of hydrogen-bond donors (Lipinski definition) is 1. The molecule has 2 aromatic carbocycles. The third kappa shape index (κ3) is 2.79. The van der Waals surface area contributed by atoms with E-state index in [1.54, 1.807) is 0 Å². The number of halogens is 2. The van der Waals surface area contributed by atoms with Gasteiger partial charge < -0.3 is 5.32 Å². The van der Waals surface area contributed by atoms with E-state index in [-0.39, 0.29) is 0 Å². The Hall–Kier alpha value is -1.02. The van der Waals surface area contributed by atoms with E-state index < -0.39 is 0 Å². The lowest BCUT2D eigenvalue weighted by molar-refractivity contribution is 0.477. The molecule has 98 valence electrons. The van der Waals surface area contributed by atoms with Gasteiger partial charge in [-0.25, -0.2) is 0 Å². The van der Waals surface area contributed by atoms with Gasteiger partial charge in [0.05, 0.1) is 10.0 Å². The van der Waals surface area contributed by atoms with Crippen molar-refractivity contribution < 1.29 is 0 Å². The van der Waals surface area contributed by atoms with E-state index in [0.717, 1.165) is 24.4 Å². The van der Waals surface area contributed by atoms with E-state index in [4.69, 9.17) is 23.2 Å². The van der Waals surface area contributed by atoms with Crippen molar-refractivity contribution in [1.29, 1.82) is 0 Å². The van der Waals surface area contributed by atoms with Crippen LogP contribution in [0.4, 0.5) is 0 Å². The van der Waals surface area contributed by atoms with Crippen molar-refractivity contribution >= 4 is 23.2 Å². The summed E-state index contributed by atoms with van der Waals surface area (Å²) >= 11 is 12.4. The van der Waals surface area contributed by atoms with Gasteiger partial charge in [-0.15, -0.1) is 0 Å². The normalized spacial score (nSPS) is 18.1. The smallest absolute Gasteiger partial charge is 0.0628 e. The van der Waals surface area contributed by atoms with E-state index in [1.165, 1.54) is 16.7 Å². The first-order valence-corrected chi connectivity index (χ1v) is 7.22. The Morgan fingerprint density at radius 3 is 2.63 bits per heavy atom. The summed E-state index contributed by atoms with van der Waals surface area (Å²) in [6, 6.07) is 14.9. The molecule has 1 heterocycles. The van der Waals surface area contributed by atoms with Crippen LogP contribution in [0.15, 0.2) is 42.5 Å². The van der Waals surface area contributed by atoms with Crippen molar-refractivity contribution in [2.75, 3.05) is 0 Å². The largest absolute Gasteiger partial charge is 0.309 e. The summed E-state index contributed by atoms with van der Waals surface area (Å²) < 4.78 is 0. The van der Waals surface area contributed by atoms with Gasteiger partial charge in [0.25, 0.3) is 0 Å². The van der Waals surface area contributed by atoms with Gasteiger partial charge >= 0.3 is 0 Å². The fourth-order valence-electron chi connectivity index (χ4n) is 2.63. The summed E-state index contributed by atoms with van der Waals surface area (Å²) in [5.41, 5.74) is 3.81. The quantitative estimate of drug-likeness (QED) is 0.872. The molecular formula is C16H15Cl2N. The van der Waals surface area contributed by atoms with Crippen LogP contribution in [0.3, 0.4) is 0 Å². The topological polar surface area (TPSA) is 12.0 Å². The molecule has 0 spiro atoms. The van der Waals surface area contributed by atoms with E-state index in [2.05, 4.69) is 35.6 Å². The first-order valence-electron chi connectivity index (χ1n) is 6.47. The second-order valence-electron chi connectivity index (χ2n) is 4.97. The van der Waals surface area contributed by atoms with Crippen LogP contribution in [-0.2, 0) is 19.4 Å². The molecule has 1 aliphatic heterocycles. The van der Waals surface area contributed by atoms with Crippen LogP contribution < -0.4 is 5.32 Å². The molecule has 0 fully saturated rings. The van der Waals surface area contributed by atoms with Crippen molar-refractivity contribution in [3.8, 4) is 0 Å². The van der Waals surface area contributed by atoms with Gasteiger partial charge in [0, 0.05) is 12.6 Å². The predicted molar refractivity (Wildman–Crippen MR) is 80.9 cm³/mol. The van der Waals surface area contributed by atoms with E-state index in [9.17, 15) is 0 Å². The van der Waals surface area contributed by atoms with Crippen molar-refractivity contribution in [2.45, 2.75) is 25.4 Å². The molecule has 0 amide bonds. The average Bonchev–Trinajstić information content (AvgIpc) is 2.45. The van der Waals surface area contributed by atoms with Gasteiger partial charge in [-0.3, -0.25) is 0 Å². The highest BCUT2D eigenvalue weighted by atomic mass is 35.5. The molecular weight excluding hydrogens is 277 g/mol. The number of benzene rings is 2. The third-order valence-electron chi connectivity index (χ3n) is 3.65. The highest BCUT2D eigenvalue weighted by Gasteiger charge is 2.21. The van der Waals surface area contributed by atoms with Gasteiger partial charge in [0.15, 0.2) is 0 Å². The molecule has 1 aliphatic rings. The van der Waals surface area contributed by atoms with Gasteiger partial charge in [-0.05, 0) is 35.6 Å². The highest BCUT2D eigenvalue weighted by Crippen LogP contribution is 2.32. The van der Waals surface area contributed by atoms with Crippen LogP contribution in [-0.4, -0.2) is 6.04 Å². The molecule has 3 rings (SSSR count). The fourth-order valence-corrected chi connectivity index (χ4v) is 3.07. The molecule has 0 saturated heterocycles. The zero-order valence-corrected chi connectivity index (χ0v) is 12.0. The molecule has 0 radical (unpaired) electrons. The van der Waals surface area contributed by atoms with Crippen molar-refractivity contribution in [1.82, 2.24) is 5.32 Å². The second kappa shape index (κ2) is 5.54. The minimum Gasteiger partial charge on any atom is -0.309 e. The summed E-state index contributed by atoms with van der Waals surface area (Å²) in [6.07, 6.45) is 1.95. The Balaban J connectivity index is 1.80. The summed E-state index contributed by atoms with van der Waals surface area (Å²) in [6.45, 7) is 0.865. The molecule has 1 nitrogen and oxygen atoms in total. The Morgan fingerprint density at radius 2 is 1.84 bits per heavy atom. The molecule has 0 saturated carbocycles. The van der Waals surface area contributed by atoms with Gasteiger partial charge in [0.1, 0.15) is 0 Å². The number of rotatable bonds is 2. The molecule has 0 aromatic heterocycles. The Morgan fingerprint density at radius 1 is 1.05 bits per heavy atom. The lowest BCUT2D eigenvalue weighted by atomic mass is 9.92. The standard InChI is InChI=1S/C16H15Cl2N/c17-15-7-6-12-10-19-13(9-14(12)16(15)18)8-11-4-2-1-3-5-11/h1-7,13,19H,8-10H2. The zero-order chi connectivity index (χ0) is 13.2. The minimum absolute atomic E-state index is 0.422. The van der Waals surface area contributed by atoms with Crippen LogP contribution >= 0.6 is 23.2 Å². The Labute approximate surface area is 123 Å². The lowest BCUT2D eigenvalue weighted by Crippen LogP contribution is -2.37. The summed E-state index contributed by atoms with van der Waals surface area (Å²) in [7, 11) is 0. The highest BCUT2D eigenvalue weighted by molar-refractivity contribution is 6.42. The van der Waals surface area contributed by atoms with Crippen LogP contribution in [0.2, 0.25) is 10.0 Å². The Bertz CT molecular complexity index is 581. The number of hydrogen-bond acceptors (Lipinski definition) is 1. The zero-order valence-electron chi connectivity index (χ0n) is 10.5. The fraction of sp³-hybridized carbons (Fsp3) is 0.250. The third-order valence-corrected chi connectivity index (χ3v) is 4.49. The van der Waals surface area contributed by atoms with Crippen molar-refractivity contribution in [3.63, 3.8) is 0 Å². The summed E-state index contributed by atoms with van der Waals surface area (Å²) in [4.78, 5) is 0. The maximum atomic E-state index is 6.32. The van der Waals surface area contributed by atoms with Crippen LogP contribution in [0.25, 0.3) is 0 Å². The van der Waals surface area contributed by atoms with Gasteiger partial charge in [-0.2, -0.15) is 0 Å². The van der Waals surface area contributed by atoms with E-state index >= 15 is 0 Å². The monoisotopic (exact) mass is 291 g/mol. The number of fused-ring (bicyclic) bond motifs is 1. The van der Waals surface area contributed by atoms with Gasteiger partial charge in [-0.1, -0.05) is 59.6 Å². The van der Waals surface area contributed by atoms with Crippen LogP contribution in [0.5, 0.6) is 0 Å². The second-order valence-corrected chi connectivity index (χ2v) is 5.76. The molecule has 0 aliphatic carbocycles. The summed E-state index contributed by atoms with van der Waals surface area (Å²) in [5.74, 6) is 0. The maximum Gasteiger partial charge on any atom is 0.0628 e. The van der Waals surface area contributed by atoms with Crippen LogP contribution in [0.1, 0.15) is 16.7 Å². The molecule has 1 N–H and O–H groups in total. The predicted octanol–water partition coefficient (Wildman–Crippen LogP) is 4.25. The van der Waals surface area contributed by atoms with Crippen molar-refractivity contribution in [3.05, 3.63) is 69.2 Å². The summed E-state index contributed by atoms with van der Waals surface area (Å²) in [5, 5.41) is 4.94. The maximum absolute atomic E-state index is 6.32. The van der Waals surface area contributed by atoms with Crippen LogP contribution in [0, 0.1) is 0 Å². The number of nitrogens with one attached hydrogen (secondary N) is 1. The first kappa shape index (κ1) is 13.0. The SMILES string of the molecule is Clc1ccc2c(c1Cl)CC(Cc1ccccc1)NC2. The molecule has 2 aromatic rings. The van der Waals surface area contributed by atoms with E-state index in [0.29, 0.717) is 11.1 Å². The molecule has 1 unspecified atom stereocenters. The molecule has 1 atom stereocenters. The molecule has 0 bridgehead atoms. The Kier molecular flexibility index (Phi) is 3.79. The molecule has 19 heavy (non-hydrogen) atoms. The van der Waals surface area contributed by atoms with E-state index in [1.807, 2.05) is 12.1 Å². The van der Waals surface area contributed by atoms with Gasteiger partial charge in [0.2, 0.25) is 0 Å².